The molecule has 0 bridgehead atoms. The van der Waals surface area contributed by atoms with E-state index in [1.165, 1.54) is 6.92 Å². The van der Waals surface area contributed by atoms with E-state index in [0.29, 0.717) is 13.1 Å². The normalized spacial score (nSPS) is 16.1. The molecule has 1 fully saturated rings. The Balaban J connectivity index is 1.71. The van der Waals surface area contributed by atoms with Gasteiger partial charge in [0.25, 0.3) is 5.91 Å². The van der Waals surface area contributed by atoms with E-state index in [1.54, 1.807) is 6.20 Å². The van der Waals surface area contributed by atoms with Crippen molar-refractivity contribution in [2.24, 2.45) is 0 Å². The van der Waals surface area contributed by atoms with Crippen LogP contribution in [-0.4, -0.2) is 40.8 Å². The summed E-state index contributed by atoms with van der Waals surface area (Å²) in [6.45, 7) is 2.90. The van der Waals surface area contributed by atoms with Gasteiger partial charge in [0.1, 0.15) is 0 Å². The van der Waals surface area contributed by atoms with Crippen LogP contribution in [0.2, 0.25) is 0 Å². The number of amides is 2. The van der Waals surface area contributed by atoms with Crippen molar-refractivity contribution in [3.63, 3.8) is 0 Å². The molecular formula is C16H19N3O2. The van der Waals surface area contributed by atoms with Crippen molar-refractivity contribution < 1.29 is 9.59 Å². The van der Waals surface area contributed by atoms with E-state index >= 15 is 0 Å². The Bertz CT molecular complexity index is 669. The van der Waals surface area contributed by atoms with Crippen LogP contribution in [0.25, 0.3) is 10.9 Å². The fraction of sp³-hybridized carbons (Fsp3) is 0.375. The van der Waals surface area contributed by atoms with Crippen molar-refractivity contribution in [1.29, 1.82) is 0 Å². The molecule has 0 saturated carbocycles. The molecule has 2 N–H and O–H groups in total. The molecule has 0 spiro atoms. The average molecular weight is 285 g/mol. The van der Waals surface area contributed by atoms with E-state index < -0.39 is 0 Å². The largest absolute Gasteiger partial charge is 0.360 e. The number of carbonyl (C=O) groups is 2. The predicted octanol–water partition coefficient (Wildman–Crippen LogP) is 1.91. The topological polar surface area (TPSA) is 65.2 Å². The SMILES string of the molecule is CC(=O)NC1CCN(C(=O)c2c[nH]c3ccccc23)CC1. The second kappa shape index (κ2) is 5.60. The quantitative estimate of drug-likeness (QED) is 0.885. The van der Waals surface area contributed by atoms with Gasteiger partial charge in [-0.25, -0.2) is 0 Å². The number of fused-ring (bicyclic) bond motifs is 1. The Morgan fingerprint density at radius 3 is 2.67 bits per heavy atom. The fourth-order valence-corrected chi connectivity index (χ4v) is 2.93. The molecule has 0 unspecified atom stereocenters. The van der Waals surface area contributed by atoms with Crippen LogP contribution in [0.1, 0.15) is 30.1 Å². The fourth-order valence-electron chi connectivity index (χ4n) is 2.93. The molecule has 5 nitrogen and oxygen atoms in total. The monoisotopic (exact) mass is 285 g/mol. The maximum Gasteiger partial charge on any atom is 0.256 e. The highest BCUT2D eigenvalue weighted by atomic mass is 16.2. The van der Waals surface area contributed by atoms with E-state index in [1.807, 2.05) is 29.2 Å². The first kappa shape index (κ1) is 13.7. The first-order valence-corrected chi connectivity index (χ1v) is 7.27. The third-order valence-electron chi connectivity index (χ3n) is 4.01. The van der Waals surface area contributed by atoms with E-state index in [-0.39, 0.29) is 17.9 Å². The summed E-state index contributed by atoms with van der Waals surface area (Å²) >= 11 is 0. The maximum atomic E-state index is 12.6. The zero-order valence-corrected chi connectivity index (χ0v) is 12.1. The number of rotatable bonds is 2. The second-order valence-corrected chi connectivity index (χ2v) is 5.51. The molecule has 0 atom stereocenters. The second-order valence-electron chi connectivity index (χ2n) is 5.51. The van der Waals surface area contributed by atoms with Gasteiger partial charge in [-0.2, -0.15) is 0 Å². The van der Waals surface area contributed by atoms with Crippen LogP contribution in [0.3, 0.4) is 0 Å². The smallest absolute Gasteiger partial charge is 0.256 e. The predicted molar refractivity (Wildman–Crippen MR) is 81.0 cm³/mol. The number of nitrogens with zero attached hydrogens (tertiary/aromatic N) is 1. The maximum absolute atomic E-state index is 12.6. The van der Waals surface area contributed by atoms with Gasteiger partial charge < -0.3 is 15.2 Å². The minimum absolute atomic E-state index is 0.00333. The van der Waals surface area contributed by atoms with Gasteiger partial charge in [-0.1, -0.05) is 18.2 Å². The molecule has 1 aromatic carbocycles. The van der Waals surface area contributed by atoms with Gasteiger partial charge in [0.15, 0.2) is 0 Å². The van der Waals surface area contributed by atoms with E-state index in [4.69, 9.17) is 0 Å². The van der Waals surface area contributed by atoms with Crippen molar-refractivity contribution in [3.05, 3.63) is 36.0 Å². The Labute approximate surface area is 123 Å². The molecule has 1 aliphatic rings. The molecule has 1 aliphatic heterocycles. The minimum atomic E-state index is -0.00333. The summed E-state index contributed by atoms with van der Waals surface area (Å²) in [5.41, 5.74) is 1.71. The standard InChI is InChI=1S/C16H19N3O2/c1-11(20)18-12-6-8-19(9-7-12)16(21)14-10-17-15-5-3-2-4-13(14)15/h2-5,10,12,17H,6-9H2,1H3,(H,18,20). The lowest BCUT2D eigenvalue weighted by atomic mass is 10.0. The highest BCUT2D eigenvalue weighted by Gasteiger charge is 2.25. The first-order chi connectivity index (χ1) is 10.1. The highest BCUT2D eigenvalue weighted by Crippen LogP contribution is 2.21. The zero-order valence-electron chi connectivity index (χ0n) is 12.1. The van der Waals surface area contributed by atoms with Crippen LogP contribution < -0.4 is 5.32 Å². The minimum Gasteiger partial charge on any atom is -0.360 e. The Morgan fingerprint density at radius 2 is 1.95 bits per heavy atom. The van der Waals surface area contributed by atoms with Gasteiger partial charge >= 0.3 is 0 Å². The van der Waals surface area contributed by atoms with Crippen LogP contribution in [0.4, 0.5) is 0 Å². The van der Waals surface area contributed by atoms with Gasteiger partial charge in [-0.3, -0.25) is 9.59 Å². The molecule has 1 aromatic heterocycles. The lowest BCUT2D eigenvalue weighted by Crippen LogP contribution is -2.46. The summed E-state index contributed by atoms with van der Waals surface area (Å²) in [7, 11) is 0. The number of benzene rings is 1. The molecular weight excluding hydrogens is 266 g/mol. The van der Waals surface area contributed by atoms with Crippen LogP contribution in [0.5, 0.6) is 0 Å². The van der Waals surface area contributed by atoms with Crippen LogP contribution in [0, 0.1) is 0 Å². The Hall–Kier alpha value is -2.30. The summed E-state index contributed by atoms with van der Waals surface area (Å²) in [5, 5.41) is 3.89. The van der Waals surface area contributed by atoms with Crippen LogP contribution >= 0.6 is 0 Å². The Kier molecular flexibility index (Phi) is 3.64. The van der Waals surface area contributed by atoms with E-state index in [2.05, 4.69) is 10.3 Å². The number of para-hydroxylation sites is 1. The average Bonchev–Trinajstić information content (AvgIpc) is 2.90. The molecule has 0 radical (unpaired) electrons. The van der Waals surface area contributed by atoms with Crippen molar-refractivity contribution in [3.8, 4) is 0 Å². The van der Waals surface area contributed by atoms with Gasteiger partial charge in [0.05, 0.1) is 5.56 Å². The molecule has 2 amide bonds. The van der Waals surface area contributed by atoms with Crippen molar-refractivity contribution in [2.75, 3.05) is 13.1 Å². The summed E-state index contributed by atoms with van der Waals surface area (Å²) in [6.07, 6.45) is 3.41. The lowest BCUT2D eigenvalue weighted by molar-refractivity contribution is -0.119. The van der Waals surface area contributed by atoms with Gasteiger partial charge in [0.2, 0.25) is 5.91 Å². The summed E-state index contributed by atoms with van der Waals surface area (Å²) in [5.74, 6) is 0.0603. The molecule has 1 saturated heterocycles. The number of hydrogen-bond donors (Lipinski definition) is 2. The first-order valence-electron chi connectivity index (χ1n) is 7.27. The summed E-state index contributed by atoms with van der Waals surface area (Å²) < 4.78 is 0. The molecule has 0 aliphatic carbocycles. The summed E-state index contributed by atoms with van der Waals surface area (Å²) in [6, 6.07) is 8.01. The van der Waals surface area contributed by atoms with E-state index in [0.717, 1.165) is 29.3 Å². The van der Waals surface area contributed by atoms with Crippen molar-refractivity contribution in [1.82, 2.24) is 15.2 Å². The van der Waals surface area contributed by atoms with E-state index in [9.17, 15) is 9.59 Å². The van der Waals surface area contributed by atoms with Crippen LogP contribution in [0.15, 0.2) is 30.5 Å². The third kappa shape index (κ3) is 2.77. The van der Waals surface area contributed by atoms with Crippen molar-refractivity contribution >= 4 is 22.7 Å². The van der Waals surface area contributed by atoms with Gasteiger partial charge in [0, 0.05) is 43.2 Å². The van der Waals surface area contributed by atoms with Crippen LogP contribution in [-0.2, 0) is 4.79 Å². The number of aromatic nitrogens is 1. The number of carbonyl (C=O) groups excluding carboxylic acids is 2. The number of hydrogen-bond acceptors (Lipinski definition) is 2. The zero-order chi connectivity index (χ0) is 14.8. The molecule has 110 valence electrons. The molecule has 21 heavy (non-hydrogen) atoms. The Morgan fingerprint density at radius 1 is 1.24 bits per heavy atom. The highest BCUT2D eigenvalue weighted by molar-refractivity contribution is 6.06. The molecule has 2 heterocycles. The number of piperidine rings is 1. The van der Waals surface area contributed by atoms with Gasteiger partial charge in [-0.05, 0) is 18.9 Å². The molecule has 3 rings (SSSR count). The number of nitrogens with one attached hydrogen (secondary N) is 2. The number of aromatic amines is 1. The molecule has 5 heteroatoms. The summed E-state index contributed by atoms with van der Waals surface area (Å²) in [4.78, 5) is 28.7. The lowest BCUT2D eigenvalue weighted by Gasteiger charge is -2.32. The molecule has 2 aromatic rings. The van der Waals surface area contributed by atoms with Gasteiger partial charge in [-0.15, -0.1) is 0 Å². The van der Waals surface area contributed by atoms with Crippen molar-refractivity contribution in [2.45, 2.75) is 25.8 Å². The number of H-pyrrole nitrogens is 1. The number of likely N-dealkylation sites (tertiary alicyclic amines) is 1. The third-order valence-corrected chi connectivity index (χ3v) is 4.01.